The minimum atomic E-state index is -0.685. The summed E-state index contributed by atoms with van der Waals surface area (Å²) in [7, 11) is 0. The predicted molar refractivity (Wildman–Crippen MR) is 140 cm³/mol. The lowest BCUT2D eigenvalue weighted by molar-refractivity contribution is -0.156. The summed E-state index contributed by atoms with van der Waals surface area (Å²) in [4.78, 5) is 23.2. The second kappa shape index (κ2) is 18.3. The smallest absolute Gasteiger partial charge is 0.309 e. The van der Waals surface area contributed by atoms with Gasteiger partial charge in [-0.2, -0.15) is 0 Å². The molecule has 0 aliphatic rings. The van der Waals surface area contributed by atoms with Gasteiger partial charge in [-0.25, -0.2) is 0 Å². The zero-order valence-electron chi connectivity index (χ0n) is 22.8. The standard InChI is InChI=1S/C29H56O4/c1-23(2)19-21-29(28(32)33,22-20-24(3)4)26(25(5)6)17-15-13-11-9-7-8-10-12-14-16-18-27(30)31/h23-26H,7-22H2,1-6H3,(H,30,31)(H,32,33). The van der Waals surface area contributed by atoms with E-state index in [4.69, 9.17) is 5.11 Å². The molecule has 196 valence electrons. The Kier molecular flexibility index (Phi) is 17.7. The van der Waals surface area contributed by atoms with E-state index >= 15 is 0 Å². The van der Waals surface area contributed by atoms with Gasteiger partial charge in [0.1, 0.15) is 0 Å². The van der Waals surface area contributed by atoms with Crippen LogP contribution in [-0.2, 0) is 9.59 Å². The van der Waals surface area contributed by atoms with Crippen LogP contribution in [0.5, 0.6) is 0 Å². The van der Waals surface area contributed by atoms with Crippen molar-refractivity contribution >= 4 is 11.9 Å². The van der Waals surface area contributed by atoms with E-state index in [1.807, 2.05) is 0 Å². The highest BCUT2D eigenvalue weighted by Crippen LogP contribution is 2.46. The van der Waals surface area contributed by atoms with Crippen molar-refractivity contribution in [3.63, 3.8) is 0 Å². The molecule has 0 bridgehead atoms. The highest BCUT2D eigenvalue weighted by Gasteiger charge is 2.45. The van der Waals surface area contributed by atoms with Crippen molar-refractivity contribution in [2.24, 2.45) is 29.1 Å². The van der Waals surface area contributed by atoms with Crippen molar-refractivity contribution in [2.45, 2.75) is 144 Å². The van der Waals surface area contributed by atoms with Gasteiger partial charge < -0.3 is 10.2 Å². The van der Waals surface area contributed by atoms with Gasteiger partial charge in [0.05, 0.1) is 5.41 Å². The highest BCUT2D eigenvalue weighted by molar-refractivity contribution is 5.75. The molecule has 0 rings (SSSR count). The Morgan fingerprint density at radius 1 is 0.606 bits per heavy atom. The second-order valence-electron chi connectivity index (χ2n) is 11.6. The Balaban J connectivity index is 4.54. The van der Waals surface area contributed by atoms with Crippen LogP contribution in [0.2, 0.25) is 0 Å². The summed E-state index contributed by atoms with van der Waals surface area (Å²) >= 11 is 0. The van der Waals surface area contributed by atoms with Crippen LogP contribution in [0, 0.1) is 29.1 Å². The molecule has 0 aromatic carbocycles. The molecule has 0 aromatic heterocycles. The fourth-order valence-corrected chi connectivity index (χ4v) is 5.26. The van der Waals surface area contributed by atoms with Crippen molar-refractivity contribution in [3.8, 4) is 0 Å². The van der Waals surface area contributed by atoms with E-state index in [9.17, 15) is 14.7 Å². The molecule has 0 saturated heterocycles. The van der Waals surface area contributed by atoms with Crippen LogP contribution in [0.15, 0.2) is 0 Å². The van der Waals surface area contributed by atoms with Crippen molar-refractivity contribution in [2.75, 3.05) is 0 Å². The molecule has 4 nitrogen and oxygen atoms in total. The molecule has 1 atom stereocenters. The van der Waals surface area contributed by atoms with E-state index in [2.05, 4.69) is 41.5 Å². The van der Waals surface area contributed by atoms with Gasteiger partial charge in [0.2, 0.25) is 0 Å². The van der Waals surface area contributed by atoms with Crippen LogP contribution in [0.4, 0.5) is 0 Å². The van der Waals surface area contributed by atoms with Crippen molar-refractivity contribution in [3.05, 3.63) is 0 Å². The molecule has 0 aliphatic heterocycles. The van der Waals surface area contributed by atoms with E-state index in [0.29, 0.717) is 24.2 Å². The fourth-order valence-electron chi connectivity index (χ4n) is 5.26. The largest absolute Gasteiger partial charge is 0.481 e. The van der Waals surface area contributed by atoms with Gasteiger partial charge in [-0.15, -0.1) is 0 Å². The van der Waals surface area contributed by atoms with Crippen LogP contribution in [0.25, 0.3) is 0 Å². The quantitative estimate of drug-likeness (QED) is 0.155. The minimum absolute atomic E-state index is 0.248. The first-order valence-corrected chi connectivity index (χ1v) is 14.0. The molecule has 0 heterocycles. The summed E-state index contributed by atoms with van der Waals surface area (Å²) < 4.78 is 0. The summed E-state index contributed by atoms with van der Waals surface area (Å²) in [5.41, 5.74) is -0.580. The first-order valence-electron chi connectivity index (χ1n) is 14.0. The average molecular weight is 469 g/mol. The zero-order chi connectivity index (χ0) is 25.3. The molecule has 0 spiro atoms. The van der Waals surface area contributed by atoms with E-state index in [0.717, 1.165) is 57.8 Å². The van der Waals surface area contributed by atoms with Gasteiger partial charge in [-0.1, -0.05) is 99.3 Å². The maximum Gasteiger partial charge on any atom is 0.309 e. The molecule has 1 unspecified atom stereocenters. The Hall–Kier alpha value is -1.06. The molecule has 4 heteroatoms. The Bertz CT molecular complexity index is 498. The lowest BCUT2D eigenvalue weighted by atomic mass is 9.62. The summed E-state index contributed by atoms with van der Waals surface area (Å²) in [6.07, 6.45) is 16.5. The maximum absolute atomic E-state index is 12.7. The predicted octanol–water partition coefficient (Wildman–Crippen LogP) is 8.97. The van der Waals surface area contributed by atoms with Crippen LogP contribution in [0.1, 0.15) is 144 Å². The number of carbonyl (C=O) groups is 2. The summed E-state index contributed by atoms with van der Waals surface area (Å²) in [5.74, 6) is 0.460. The van der Waals surface area contributed by atoms with E-state index in [-0.39, 0.29) is 5.92 Å². The summed E-state index contributed by atoms with van der Waals surface area (Å²) in [5, 5.41) is 19.1. The number of aliphatic carboxylic acids is 2. The maximum atomic E-state index is 12.7. The molecule has 0 aliphatic carbocycles. The van der Waals surface area contributed by atoms with Crippen molar-refractivity contribution < 1.29 is 19.8 Å². The SMILES string of the molecule is CC(C)CCC(CCC(C)C)(C(=O)O)C(CCCCCCCCCCCCC(=O)O)C(C)C. The number of carboxylic acids is 2. The molecule has 2 N–H and O–H groups in total. The average Bonchev–Trinajstić information content (AvgIpc) is 2.71. The van der Waals surface area contributed by atoms with Gasteiger partial charge in [0.25, 0.3) is 0 Å². The van der Waals surface area contributed by atoms with Gasteiger partial charge in [0, 0.05) is 6.42 Å². The lowest BCUT2D eigenvalue weighted by Crippen LogP contribution is -2.42. The van der Waals surface area contributed by atoms with Crippen molar-refractivity contribution in [1.82, 2.24) is 0 Å². The minimum Gasteiger partial charge on any atom is -0.481 e. The Morgan fingerprint density at radius 2 is 1.00 bits per heavy atom. The molecule has 0 saturated carbocycles. The monoisotopic (exact) mass is 468 g/mol. The molecule has 0 fully saturated rings. The lowest BCUT2D eigenvalue weighted by Gasteiger charge is -2.41. The van der Waals surface area contributed by atoms with Gasteiger partial charge in [0.15, 0.2) is 0 Å². The Labute approximate surface area is 205 Å². The van der Waals surface area contributed by atoms with Crippen LogP contribution < -0.4 is 0 Å². The van der Waals surface area contributed by atoms with E-state index in [1.54, 1.807) is 0 Å². The normalized spacial score (nSPS) is 13.2. The van der Waals surface area contributed by atoms with E-state index < -0.39 is 17.4 Å². The number of unbranched alkanes of at least 4 members (excludes halogenated alkanes) is 9. The number of rotatable bonds is 22. The first kappa shape index (κ1) is 31.9. The van der Waals surface area contributed by atoms with Gasteiger partial charge >= 0.3 is 11.9 Å². The highest BCUT2D eigenvalue weighted by atomic mass is 16.4. The molecule has 0 amide bonds. The van der Waals surface area contributed by atoms with Gasteiger partial charge in [-0.3, -0.25) is 9.59 Å². The molecule has 0 radical (unpaired) electrons. The zero-order valence-corrected chi connectivity index (χ0v) is 22.8. The third-order valence-electron chi connectivity index (χ3n) is 7.43. The van der Waals surface area contributed by atoms with Crippen LogP contribution in [-0.4, -0.2) is 22.2 Å². The molecule has 33 heavy (non-hydrogen) atoms. The van der Waals surface area contributed by atoms with Crippen LogP contribution in [0.3, 0.4) is 0 Å². The molecular weight excluding hydrogens is 412 g/mol. The Morgan fingerprint density at radius 3 is 1.33 bits per heavy atom. The summed E-state index contributed by atoms with van der Waals surface area (Å²) in [6, 6.07) is 0. The first-order chi connectivity index (χ1) is 15.5. The van der Waals surface area contributed by atoms with E-state index in [1.165, 1.54) is 38.5 Å². The summed E-state index contributed by atoms with van der Waals surface area (Å²) in [6.45, 7) is 13.3. The van der Waals surface area contributed by atoms with Crippen molar-refractivity contribution in [1.29, 1.82) is 0 Å². The number of hydrogen-bond acceptors (Lipinski definition) is 2. The number of hydrogen-bond donors (Lipinski definition) is 2. The number of carboxylic acid groups (broad SMARTS) is 2. The third kappa shape index (κ3) is 14.7. The second-order valence-corrected chi connectivity index (χ2v) is 11.6. The molecular formula is C29H56O4. The third-order valence-corrected chi connectivity index (χ3v) is 7.43. The molecule has 0 aromatic rings. The topological polar surface area (TPSA) is 74.6 Å². The van der Waals surface area contributed by atoms with Crippen LogP contribution >= 0.6 is 0 Å². The fraction of sp³-hybridized carbons (Fsp3) is 0.931. The van der Waals surface area contributed by atoms with Gasteiger partial charge in [-0.05, 0) is 62.2 Å².